The Labute approximate surface area is 139 Å². The quantitative estimate of drug-likeness (QED) is 0.883. The fourth-order valence-electron chi connectivity index (χ4n) is 2.59. The summed E-state index contributed by atoms with van der Waals surface area (Å²) in [7, 11) is 0. The molecule has 0 radical (unpaired) electrons. The standard InChI is InChI=1S/C16H19N5O3/c1-10-8-18-15(19-10)13-9-21(5-6-24-13)16(23)12-3-4-17-14(7-12)20-11(2)22/h3-4,7-8,13H,5-6,9H2,1-2H3,(H,18,19)(H,17,20,22)/t13-/m1/s1. The number of aryl methyl sites for hydroxylation is 1. The third-order valence-electron chi connectivity index (χ3n) is 3.69. The fourth-order valence-corrected chi connectivity index (χ4v) is 2.59. The first kappa shape index (κ1) is 16.1. The van der Waals surface area contributed by atoms with Gasteiger partial charge in [0.05, 0.1) is 13.2 Å². The van der Waals surface area contributed by atoms with E-state index in [1.54, 1.807) is 23.2 Å². The number of aromatic amines is 1. The summed E-state index contributed by atoms with van der Waals surface area (Å²) in [5.41, 5.74) is 1.43. The molecule has 0 spiro atoms. The van der Waals surface area contributed by atoms with Crippen LogP contribution >= 0.6 is 0 Å². The number of hydrogen-bond acceptors (Lipinski definition) is 5. The van der Waals surface area contributed by atoms with Gasteiger partial charge in [-0.15, -0.1) is 0 Å². The third kappa shape index (κ3) is 3.60. The Morgan fingerprint density at radius 3 is 2.96 bits per heavy atom. The van der Waals surface area contributed by atoms with Crippen LogP contribution in [0.15, 0.2) is 24.5 Å². The largest absolute Gasteiger partial charge is 0.367 e. The van der Waals surface area contributed by atoms with E-state index in [0.717, 1.165) is 11.5 Å². The maximum absolute atomic E-state index is 12.7. The number of carbonyl (C=O) groups is 2. The number of aromatic nitrogens is 3. The smallest absolute Gasteiger partial charge is 0.254 e. The highest BCUT2D eigenvalue weighted by atomic mass is 16.5. The van der Waals surface area contributed by atoms with E-state index in [-0.39, 0.29) is 17.9 Å². The number of amides is 2. The molecule has 0 saturated carbocycles. The summed E-state index contributed by atoms with van der Waals surface area (Å²) in [6.07, 6.45) is 2.97. The van der Waals surface area contributed by atoms with Crippen molar-refractivity contribution < 1.29 is 14.3 Å². The second-order valence-corrected chi connectivity index (χ2v) is 5.67. The monoisotopic (exact) mass is 329 g/mol. The molecule has 1 aliphatic rings. The molecular formula is C16H19N5O3. The molecule has 0 unspecified atom stereocenters. The molecule has 8 heteroatoms. The predicted molar refractivity (Wildman–Crippen MR) is 86.5 cm³/mol. The Morgan fingerprint density at radius 1 is 1.42 bits per heavy atom. The maximum atomic E-state index is 12.7. The number of ether oxygens (including phenoxy) is 1. The molecule has 126 valence electrons. The summed E-state index contributed by atoms with van der Waals surface area (Å²) in [6, 6.07) is 3.21. The van der Waals surface area contributed by atoms with E-state index in [1.165, 1.54) is 13.1 Å². The van der Waals surface area contributed by atoms with Crippen molar-refractivity contribution in [1.29, 1.82) is 0 Å². The summed E-state index contributed by atoms with van der Waals surface area (Å²) in [4.78, 5) is 37.0. The van der Waals surface area contributed by atoms with E-state index in [1.807, 2.05) is 6.92 Å². The lowest BCUT2D eigenvalue weighted by Gasteiger charge is -2.32. The van der Waals surface area contributed by atoms with E-state index in [4.69, 9.17) is 4.74 Å². The molecule has 0 aromatic carbocycles. The van der Waals surface area contributed by atoms with Crippen molar-refractivity contribution in [1.82, 2.24) is 19.9 Å². The molecule has 1 atom stereocenters. The summed E-state index contributed by atoms with van der Waals surface area (Å²) < 4.78 is 5.71. The normalized spacial score (nSPS) is 17.6. The second-order valence-electron chi connectivity index (χ2n) is 5.67. The zero-order valence-corrected chi connectivity index (χ0v) is 13.6. The van der Waals surface area contributed by atoms with Crippen LogP contribution in [0.3, 0.4) is 0 Å². The zero-order chi connectivity index (χ0) is 17.1. The molecule has 3 heterocycles. The van der Waals surface area contributed by atoms with Gasteiger partial charge < -0.3 is 19.9 Å². The van der Waals surface area contributed by atoms with Crippen LogP contribution in [0.1, 0.15) is 34.9 Å². The topological polar surface area (TPSA) is 100 Å². The lowest BCUT2D eigenvalue weighted by molar-refractivity contribution is -0.114. The van der Waals surface area contributed by atoms with Gasteiger partial charge in [0.2, 0.25) is 5.91 Å². The number of anilines is 1. The van der Waals surface area contributed by atoms with Gasteiger partial charge >= 0.3 is 0 Å². The molecule has 8 nitrogen and oxygen atoms in total. The van der Waals surface area contributed by atoms with Crippen LogP contribution < -0.4 is 5.32 Å². The number of imidazole rings is 1. The first-order valence-corrected chi connectivity index (χ1v) is 7.69. The van der Waals surface area contributed by atoms with Gasteiger partial charge in [0.1, 0.15) is 17.7 Å². The molecular weight excluding hydrogens is 310 g/mol. The third-order valence-corrected chi connectivity index (χ3v) is 3.69. The molecule has 2 amide bonds. The van der Waals surface area contributed by atoms with Crippen molar-refractivity contribution in [3.63, 3.8) is 0 Å². The minimum atomic E-state index is -0.270. The van der Waals surface area contributed by atoms with Gasteiger partial charge in [0, 0.05) is 37.1 Å². The Balaban J connectivity index is 1.73. The molecule has 1 saturated heterocycles. The van der Waals surface area contributed by atoms with Crippen molar-refractivity contribution in [3.8, 4) is 0 Å². The summed E-state index contributed by atoms with van der Waals surface area (Å²) in [5.74, 6) is 0.728. The van der Waals surface area contributed by atoms with E-state index in [0.29, 0.717) is 31.1 Å². The number of nitrogens with zero attached hydrogens (tertiary/aromatic N) is 3. The maximum Gasteiger partial charge on any atom is 0.254 e. The first-order chi connectivity index (χ1) is 11.5. The predicted octanol–water partition coefficient (Wildman–Crippen LogP) is 1.29. The average Bonchev–Trinajstić information content (AvgIpc) is 3.00. The number of morpholine rings is 1. The van der Waals surface area contributed by atoms with Gasteiger partial charge in [-0.3, -0.25) is 9.59 Å². The molecule has 2 aromatic rings. The van der Waals surface area contributed by atoms with Crippen LogP contribution in [-0.2, 0) is 9.53 Å². The van der Waals surface area contributed by atoms with Crippen LogP contribution in [0.5, 0.6) is 0 Å². The van der Waals surface area contributed by atoms with Crippen molar-refractivity contribution in [2.45, 2.75) is 20.0 Å². The van der Waals surface area contributed by atoms with E-state index >= 15 is 0 Å². The average molecular weight is 329 g/mol. The minimum absolute atomic E-state index is 0.124. The van der Waals surface area contributed by atoms with Crippen LogP contribution in [-0.4, -0.2) is 51.4 Å². The molecule has 2 aromatic heterocycles. The molecule has 0 aliphatic carbocycles. The summed E-state index contributed by atoms with van der Waals surface area (Å²) >= 11 is 0. The summed E-state index contributed by atoms with van der Waals surface area (Å²) in [5, 5.41) is 2.58. The van der Waals surface area contributed by atoms with Crippen LogP contribution in [0.25, 0.3) is 0 Å². The molecule has 3 rings (SSSR count). The Kier molecular flexibility index (Phi) is 4.57. The first-order valence-electron chi connectivity index (χ1n) is 7.69. The number of rotatable bonds is 3. The van der Waals surface area contributed by atoms with Crippen molar-refractivity contribution in [3.05, 3.63) is 41.6 Å². The SMILES string of the molecule is CC(=O)Nc1cc(C(=O)N2CCO[C@@H](c3ncc(C)[nH]3)C2)ccn1. The van der Waals surface area contributed by atoms with Gasteiger partial charge in [0.25, 0.3) is 5.91 Å². The second kappa shape index (κ2) is 6.79. The van der Waals surface area contributed by atoms with E-state index in [2.05, 4.69) is 20.3 Å². The van der Waals surface area contributed by atoms with Gasteiger partial charge in [-0.25, -0.2) is 9.97 Å². The van der Waals surface area contributed by atoms with Crippen LogP contribution in [0, 0.1) is 6.92 Å². The highest BCUT2D eigenvalue weighted by Gasteiger charge is 2.28. The Bertz CT molecular complexity index is 758. The fraction of sp³-hybridized carbons (Fsp3) is 0.375. The summed E-state index contributed by atoms with van der Waals surface area (Å²) in [6.45, 7) is 4.69. The molecule has 1 fully saturated rings. The zero-order valence-electron chi connectivity index (χ0n) is 13.6. The minimum Gasteiger partial charge on any atom is -0.367 e. The number of pyridine rings is 1. The lowest BCUT2D eigenvalue weighted by atomic mass is 10.2. The van der Waals surface area contributed by atoms with Crippen molar-refractivity contribution in [2.75, 3.05) is 25.0 Å². The Morgan fingerprint density at radius 2 is 2.25 bits per heavy atom. The lowest BCUT2D eigenvalue weighted by Crippen LogP contribution is -2.42. The van der Waals surface area contributed by atoms with E-state index < -0.39 is 0 Å². The van der Waals surface area contributed by atoms with Crippen molar-refractivity contribution >= 4 is 17.6 Å². The van der Waals surface area contributed by atoms with Crippen LogP contribution in [0.4, 0.5) is 5.82 Å². The van der Waals surface area contributed by atoms with Crippen LogP contribution in [0.2, 0.25) is 0 Å². The highest BCUT2D eigenvalue weighted by molar-refractivity contribution is 5.96. The van der Waals surface area contributed by atoms with E-state index in [9.17, 15) is 9.59 Å². The van der Waals surface area contributed by atoms with Gasteiger partial charge in [-0.1, -0.05) is 0 Å². The molecule has 0 bridgehead atoms. The van der Waals surface area contributed by atoms with Gasteiger partial charge in [-0.2, -0.15) is 0 Å². The number of H-pyrrole nitrogens is 1. The highest BCUT2D eigenvalue weighted by Crippen LogP contribution is 2.21. The molecule has 1 aliphatic heterocycles. The van der Waals surface area contributed by atoms with Crippen molar-refractivity contribution in [2.24, 2.45) is 0 Å². The van der Waals surface area contributed by atoms with Gasteiger partial charge in [-0.05, 0) is 19.1 Å². The van der Waals surface area contributed by atoms with Gasteiger partial charge in [0.15, 0.2) is 0 Å². The number of hydrogen-bond donors (Lipinski definition) is 2. The number of carbonyl (C=O) groups excluding carboxylic acids is 2. The molecule has 2 N–H and O–H groups in total. The molecule has 24 heavy (non-hydrogen) atoms. The Hall–Kier alpha value is -2.74. The number of nitrogens with one attached hydrogen (secondary N) is 2.